The van der Waals surface area contributed by atoms with Gasteiger partial charge < -0.3 is 14.8 Å². The SMILES string of the molecule is COc1cc(CNCc2ccccn2)c(Cl)cc1OCc1ccccc1F. The van der Waals surface area contributed by atoms with Gasteiger partial charge in [0.05, 0.1) is 12.8 Å². The first kappa shape index (κ1) is 19.1. The molecule has 0 aliphatic rings. The zero-order chi connectivity index (χ0) is 19.1. The van der Waals surface area contributed by atoms with Crippen LogP contribution in [0.2, 0.25) is 5.02 Å². The summed E-state index contributed by atoms with van der Waals surface area (Å²) in [5, 5.41) is 3.85. The summed E-state index contributed by atoms with van der Waals surface area (Å²) in [6, 6.07) is 15.8. The quantitative estimate of drug-likeness (QED) is 0.606. The lowest BCUT2D eigenvalue weighted by Crippen LogP contribution is -2.14. The van der Waals surface area contributed by atoms with Crippen LogP contribution in [0, 0.1) is 5.82 Å². The Morgan fingerprint density at radius 1 is 1.00 bits per heavy atom. The first-order valence-corrected chi connectivity index (χ1v) is 8.88. The molecule has 0 unspecified atom stereocenters. The highest BCUT2D eigenvalue weighted by atomic mass is 35.5. The number of hydrogen-bond donors (Lipinski definition) is 1. The molecule has 0 atom stereocenters. The number of aromatic nitrogens is 1. The monoisotopic (exact) mass is 386 g/mol. The molecule has 0 bridgehead atoms. The Morgan fingerprint density at radius 3 is 2.56 bits per heavy atom. The second kappa shape index (κ2) is 9.35. The molecule has 2 aromatic carbocycles. The van der Waals surface area contributed by atoms with E-state index in [9.17, 15) is 4.39 Å². The lowest BCUT2D eigenvalue weighted by molar-refractivity contribution is 0.279. The van der Waals surface area contributed by atoms with Crippen molar-refractivity contribution in [1.82, 2.24) is 10.3 Å². The Hall–Kier alpha value is -2.63. The van der Waals surface area contributed by atoms with Gasteiger partial charge in [-0.3, -0.25) is 4.98 Å². The normalized spacial score (nSPS) is 10.6. The zero-order valence-electron chi connectivity index (χ0n) is 14.9. The second-order valence-corrected chi connectivity index (χ2v) is 6.31. The molecule has 0 saturated carbocycles. The Morgan fingerprint density at radius 2 is 1.81 bits per heavy atom. The van der Waals surface area contributed by atoms with E-state index >= 15 is 0 Å². The number of methoxy groups -OCH3 is 1. The molecule has 3 rings (SSSR count). The van der Waals surface area contributed by atoms with Gasteiger partial charge in [0.15, 0.2) is 11.5 Å². The Balaban J connectivity index is 1.66. The maximum Gasteiger partial charge on any atom is 0.163 e. The smallest absolute Gasteiger partial charge is 0.163 e. The average molecular weight is 387 g/mol. The van der Waals surface area contributed by atoms with Crippen molar-refractivity contribution >= 4 is 11.6 Å². The van der Waals surface area contributed by atoms with Gasteiger partial charge in [0.25, 0.3) is 0 Å². The number of nitrogens with zero attached hydrogens (tertiary/aromatic N) is 1. The first-order chi connectivity index (χ1) is 13.2. The van der Waals surface area contributed by atoms with Gasteiger partial charge in [0, 0.05) is 35.9 Å². The molecule has 4 nitrogen and oxygen atoms in total. The van der Waals surface area contributed by atoms with Crippen molar-refractivity contribution in [2.24, 2.45) is 0 Å². The molecule has 140 valence electrons. The van der Waals surface area contributed by atoms with Crippen LogP contribution < -0.4 is 14.8 Å². The molecule has 1 N–H and O–H groups in total. The van der Waals surface area contributed by atoms with Crippen LogP contribution in [0.15, 0.2) is 60.8 Å². The third-order valence-electron chi connectivity index (χ3n) is 4.02. The van der Waals surface area contributed by atoms with Crippen LogP contribution in [0.4, 0.5) is 4.39 Å². The fourth-order valence-electron chi connectivity index (χ4n) is 2.58. The fourth-order valence-corrected chi connectivity index (χ4v) is 2.80. The van der Waals surface area contributed by atoms with Gasteiger partial charge >= 0.3 is 0 Å². The maximum atomic E-state index is 13.7. The van der Waals surface area contributed by atoms with Crippen LogP contribution in [0.25, 0.3) is 0 Å². The van der Waals surface area contributed by atoms with Gasteiger partial charge in [-0.05, 0) is 29.8 Å². The van der Waals surface area contributed by atoms with Crippen molar-refractivity contribution < 1.29 is 13.9 Å². The van der Waals surface area contributed by atoms with E-state index < -0.39 is 0 Å². The third kappa shape index (κ3) is 5.18. The van der Waals surface area contributed by atoms with E-state index in [1.165, 1.54) is 6.07 Å². The molecule has 0 radical (unpaired) electrons. The van der Waals surface area contributed by atoms with E-state index in [-0.39, 0.29) is 12.4 Å². The number of halogens is 2. The summed E-state index contributed by atoms with van der Waals surface area (Å²) in [6.45, 7) is 1.28. The molecule has 1 heterocycles. The van der Waals surface area contributed by atoms with Crippen molar-refractivity contribution in [3.63, 3.8) is 0 Å². The molecular weight excluding hydrogens is 367 g/mol. The van der Waals surface area contributed by atoms with Crippen molar-refractivity contribution in [1.29, 1.82) is 0 Å². The van der Waals surface area contributed by atoms with Crippen LogP contribution >= 0.6 is 11.6 Å². The molecule has 6 heteroatoms. The van der Waals surface area contributed by atoms with Crippen molar-refractivity contribution in [2.45, 2.75) is 19.7 Å². The number of hydrogen-bond acceptors (Lipinski definition) is 4. The van der Waals surface area contributed by atoms with Gasteiger partial charge in [-0.2, -0.15) is 0 Å². The minimum Gasteiger partial charge on any atom is -0.493 e. The number of rotatable bonds is 8. The van der Waals surface area contributed by atoms with Gasteiger partial charge in [-0.15, -0.1) is 0 Å². The van der Waals surface area contributed by atoms with Crippen LogP contribution in [0.5, 0.6) is 11.5 Å². The van der Waals surface area contributed by atoms with E-state index in [2.05, 4.69) is 10.3 Å². The van der Waals surface area contributed by atoms with E-state index in [0.29, 0.717) is 35.2 Å². The standard InChI is InChI=1S/C21H20ClFN2O2/c1-26-20-10-16(12-24-13-17-7-4-5-9-25-17)18(22)11-21(20)27-14-15-6-2-3-8-19(15)23/h2-11,24H,12-14H2,1H3. The van der Waals surface area contributed by atoms with Crippen LogP contribution in [-0.2, 0) is 19.7 Å². The molecule has 3 aromatic rings. The average Bonchev–Trinajstić information content (AvgIpc) is 2.69. The van der Waals surface area contributed by atoms with E-state index in [0.717, 1.165) is 11.3 Å². The summed E-state index contributed by atoms with van der Waals surface area (Å²) in [5.41, 5.74) is 2.30. The minimum absolute atomic E-state index is 0.0939. The molecule has 0 amide bonds. The fraction of sp³-hybridized carbons (Fsp3) is 0.190. The van der Waals surface area contributed by atoms with Gasteiger partial charge in [-0.1, -0.05) is 35.9 Å². The van der Waals surface area contributed by atoms with E-state index in [4.69, 9.17) is 21.1 Å². The summed E-state index contributed by atoms with van der Waals surface area (Å²) in [5.74, 6) is 0.711. The molecule has 0 aliphatic heterocycles. The minimum atomic E-state index is -0.307. The Kier molecular flexibility index (Phi) is 6.63. The highest BCUT2D eigenvalue weighted by Crippen LogP contribution is 2.34. The summed E-state index contributed by atoms with van der Waals surface area (Å²) >= 11 is 6.39. The molecule has 27 heavy (non-hydrogen) atoms. The number of benzene rings is 2. The lowest BCUT2D eigenvalue weighted by Gasteiger charge is -2.14. The van der Waals surface area contributed by atoms with Gasteiger partial charge in [0.2, 0.25) is 0 Å². The van der Waals surface area contributed by atoms with Crippen molar-refractivity contribution in [2.75, 3.05) is 7.11 Å². The molecule has 0 saturated heterocycles. The first-order valence-electron chi connectivity index (χ1n) is 8.50. The molecule has 0 fully saturated rings. The van der Waals surface area contributed by atoms with Gasteiger partial charge in [-0.25, -0.2) is 4.39 Å². The number of ether oxygens (including phenoxy) is 2. The van der Waals surface area contributed by atoms with E-state index in [1.54, 1.807) is 37.6 Å². The molecular formula is C21H20ClFN2O2. The lowest BCUT2D eigenvalue weighted by atomic mass is 10.2. The zero-order valence-corrected chi connectivity index (χ0v) is 15.7. The van der Waals surface area contributed by atoms with E-state index in [1.807, 2.05) is 24.3 Å². The molecule has 0 aliphatic carbocycles. The topological polar surface area (TPSA) is 43.4 Å². The maximum absolute atomic E-state index is 13.7. The predicted molar refractivity (Wildman–Crippen MR) is 104 cm³/mol. The third-order valence-corrected chi connectivity index (χ3v) is 4.37. The molecule has 0 spiro atoms. The van der Waals surface area contributed by atoms with Crippen molar-refractivity contribution in [3.05, 3.63) is 88.5 Å². The largest absolute Gasteiger partial charge is 0.493 e. The molecule has 1 aromatic heterocycles. The van der Waals surface area contributed by atoms with Gasteiger partial charge in [0.1, 0.15) is 12.4 Å². The summed E-state index contributed by atoms with van der Waals surface area (Å²) < 4.78 is 24.9. The summed E-state index contributed by atoms with van der Waals surface area (Å²) in [7, 11) is 1.56. The van der Waals surface area contributed by atoms with Crippen LogP contribution in [-0.4, -0.2) is 12.1 Å². The summed E-state index contributed by atoms with van der Waals surface area (Å²) in [4.78, 5) is 4.27. The second-order valence-electron chi connectivity index (χ2n) is 5.90. The predicted octanol–water partition coefficient (Wildman–Crippen LogP) is 4.75. The van der Waals surface area contributed by atoms with Crippen LogP contribution in [0.1, 0.15) is 16.8 Å². The Labute approximate surface area is 162 Å². The highest BCUT2D eigenvalue weighted by Gasteiger charge is 2.12. The number of pyridine rings is 1. The highest BCUT2D eigenvalue weighted by molar-refractivity contribution is 6.31. The number of nitrogens with one attached hydrogen (secondary N) is 1. The summed E-state index contributed by atoms with van der Waals surface area (Å²) in [6.07, 6.45) is 1.76. The Bertz CT molecular complexity index is 891. The van der Waals surface area contributed by atoms with Crippen LogP contribution in [0.3, 0.4) is 0 Å². The van der Waals surface area contributed by atoms with Crippen molar-refractivity contribution in [3.8, 4) is 11.5 Å².